The molecule has 1 aromatic carbocycles. The van der Waals surface area contributed by atoms with E-state index in [4.69, 9.17) is 20.9 Å². The summed E-state index contributed by atoms with van der Waals surface area (Å²) in [5.74, 6) is -1.29. The number of imide groups is 2. The van der Waals surface area contributed by atoms with Crippen LogP contribution < -0.4 is 15.5 Å². The van der Waals surface area contributed by atoms with E-state index in [9.17, 15) is 14.4 Å². The number of halogens is 1. The smallest absolute Gasteiger partial charge is 0.328 e. The van der Waals surface area contributed by atoms with Crippen molar-refractivity contribution in [3.05, 3.63) is 28.4 Å². The summed E-state index contributed by atoms with van der Waals surface area (Å²) in [6, 6.07) is 0.362. The predicted octanol–water partition coefficient (Wildman–Crippen LogP) is 2.50. The van der Waals surface area contributed by atoms with Gasteiger partial charge >= 0.3 is 6.03 Å². The maximum absolute atomic E-state index is 13.3. The Morgan fingerprint density at radius 3 is 2.70 bits per heavy atom. The van der Waals surface area contributed by atoms with Gasteiger partial charge < -0.3 is 14.2 Å². The quantitative estimate of drug-likeness (QED) is 0.501. The molecule has 33 heavy (non-hydrogen) atoms. The molecule has 2 aromatic heterocycles. The van der Waals surface area contributed by atoms with Crippen LogP contribution in [0, 0.1) is 5.41 Å². The van der Waals surface area contributed by atoms with E-state index < -0.39 is 35.4 Å². The number of aromatic nitrogens is 2. The van der Waals surface area contributed by atoms with Crippen LogP contribution >= 0.6 is 22.9 Å². The van der Waals surface area contributed by atoms with Crippen LogP contribution in [0.5, 0.6) is 0 Å². The second-order valence-electron chi connectivity index (χ2n) is 8.61. The summed E-state index contributed by atoms with van der Waals surface area (Å²) in [6.07, 6.45) is 1.07. The second kappa shape index (κ2) is 6.99. The van der Waals surface area contributed by atoms with E-state index in [1.165, 1.54) is 11.3 Å². The number of nitrogens with zero attached hydrogens (tertiary/aromatic N) is 3. The Labute approximate surface area is 196 Å². The van der Waals surface area contributed by atoms with Crippen molar-refractivity contribution in [2.24, 2.45) is 5.41 Å². The minimum absolute atomic E-state index is 0.0412. The van der Waals surface area contributed by atoms with Crippen LogP contribution in [-0.4, -0.2) is 52.8 Å². The first-order valence-electron chi connectivity index (χ1n) is 10.4. The first-order chi connectivity index (χ1) is 15.8. The number of hydrogen-bond acceptors (Lipinski definition) is 9. The first kappa shape index (κ1) is 20.6. The molecule has 0 saturated carbocycles. The number of nitrogens with one attached hydrogen (secondary N) is 2. The predicted molar refractivity (Wildman–Crippen MR) is 119 cm³/mol. The van der Waals surface area contributed by atoms with Crippen molar-refractivity contribution in [3.8, 4) is 10.6 Å². The molecule has 12 heteroatoms. The molecular formula is C21H18ClN5O5S. The van der Waals surface area contributed by atoms with Crippen molar-refractivity contribution >= 4 is 57.4 Å². The van der Waals surface area contributed by atoms with Gasteiger partial charge in [-0.1, -0.05) is 16.8 Å². The molecule has 2 N–H and O–H groups in total. The largest absolute Gasteiger partial charge is 0.372 e. The monoisotopic (exact) mass is 487 g/mol. The van der Waals surface area contributed by atoms with Crippen LogP contribution in [0.4, 0.5) is 10.5 Å². The zero-order valence-electron chi connectivity index (χ0n) is 17.5. The van der Waals surface area contributed by atoms with Crippen LogP contribution in [0.1, 0.15) is 19.4 Å². The van der Waals surface area contributed by atoms with Gasteiger partial charge in [0.25, 0.3) is 0 Å². The molecule has 1 spiro atoms. The lowest BCUT2D eigenvalue weighted by atomic mass is 9.66. The van der Waals surface area contributed by atoms with Gasteiger partial charge in [-0.25, -0.2) is 4.79 Å². The molecule has 3 atom stereocenters. The summed E-state index contributed by atoms with van der Waals surface area (Å²) in [5.41, 5.74) is 2.52. The molecule has 3 aromatic rings. The molecule has 4 amide bonds. The summed E-state index contributed by atoms with van der Waals surface area (Å²) < 4.78 is 11.7. The topological polar surface area (TPSA) is 127 Å². The highest BCUT2D eigenvalue weighted by Gasteiger charge is 2.63. The third-order valence-corrected chi connectivity index (χ3v) is 7.76. The third-order valence-electron chi connectivity index (χ3n) is 6.63. The molecule has 2 fully saturated rings. The van der Waals surface area contributed by atoms with Crippen molar-refractivity contribution < 1.29 is 23.6 Å². The zero-order valence-corrected chi connectivity index (χ0v) is 19.1. The molecule has 0 unspecified atom stereocenters. The molecule has 2 saturated heterocycles. The van der Waals surface area contributed by atoms with E-state index in [1.54, 1.807) is 11.7 Å². The molecule has 3 aliphatic heterocycles. The van der Waals surface area contributed by atoms with E-state index in [0.29, 0.717) is 39.5 Å². The maximum atomic E-state index is 13.3. The number of benzene rings is 1. The lowest BCUT2D eigenvalue weighted by Gasteiger charge is -2.55. The number of amides is 4. The minimum atomic E-state index is -1.57. The van der Waals surface area contributed by atoms with Gasteiger partial charge in [-0.05, 0) is 31.9 Å². The van der Waals surface area contributed by atoms with Crippen LogP contribution in [-0.2, 0) is 20.7 Å². The molecule has 0 radical (unpaired) electrons. The molecule has 170 valence electrons. The SMILES string of the molecule is C[C@@H]1CN2c3c(cc4c(-c5cncs5)noc4c3Cl)CC3(C(=O)NC(=O)NC3=O)[C@H]2[C@H](C)O1. The Morgan fingerprint density at radius 1 is 1.24 bits per heavy atom. The van der Waals surface area contributed by atoms with Crippen LogP contribution in [0.2, 0.25) is 5.02 Å². The number of hydrogen-bond donors (Lipinski definition) is 2. The van der Waals surface area contributed by atoms with Gasteiger partial charge in [0.05, 0.1) is 39.7 Å². The van der Waals surface area contributed by atoms with E-state index in [2.05, 4.69) is 20.8 Å². The minimum Gasteiger partial charge on any atom is -0.372 e. The number of thiazole rings is 1. The number of morpholine rings is 1. The van der Waals surface area contributed by atoms with E-state index in [1.807, 2.05) is 24.8 Å². The number of carbonyl (C=O) groups excluding carboxylic acids is 3. The fourth-order valence-electron chi connectivity index (χ4n) is 5.46. The van der Waals surface area contributed by atoms with Crippen LogP contribution in [0.3, 0.4) is 0 Å². The zero-order chi connectivity index (χ0) is 23.1. The normalized spacial score (nSPS) is 26.2. The number of barbiturate groups is 1. The van der Waals surface area contributed by atoms with Crippen molar-refractivity contribution in [1.82, 2.24) is 20.8 Å². The van der Waals surface area contributed by atoms with Crippen molar-refractivity contribution in [2.45, 2.75) is 38.5 Å². The van der Waals surface area contributed by atoms with Gasteiger partial charge in [0, 0.05) is 12.7 Å². The van der Waals surface area contributed by atoms with Crippen LogP contribution in [0.25, 0.3) is 21.5 Å². The fourth-order valence-corrected chi connectivity index (χ4v) is 6.44. The Morgan fingerprint density at radius 2 is 2.00 bits per heavy atom. The standard InChI is InChI=1S/C21H18ClN5O5S/c1-8-6-27-15-10(3-11-14(12-5-23-7-33-12)26-32-16(11)13(15)22)4-21(17(27)9(2)31-8)18(28)24-20(30)25-19(21)29/h3,5,7-9,17H,4,6H2,1-2H3,(H2,24,25,28,29,30)/t8-,9+,17-/m1/s1. The number of carbonyl (C=O) groups is 3. The Kier molecular flexibility index (Phi) is 4.36. The van der Waals surface area contributed by atoms with Gasteiger partial charge in [0.2, 0.25) is 11.8 Å². The maximum Gasteiger partial charge on any atom is 0.328 e. The van der Waals surface area contributed by atoms with Gasteiger partial charge in [-0.3, -0.25) is 25.2 Å². The van der Waals surface area contributed by atoms with Crippen molar-refractivity contribution in [1.29, 1.82) is 0 Å². The summed E-state index contributed by atoms with van der Waals surface area (Å²) in [6.45, 7) is 4.14. The fraction of sp³-hybridized carbons (Fsp3) is 0.381. The molecule has 0 bridgehead atoms. The summed E-state index contributed by atoms with van der Waals surface area (Å²) in [4.78, 5) is 45.3. The summed E-state index contributed by atoms with van der Waals surface area (Å²) in [5, 5.41) is 9.81. The number of ether oxygens (including phenoxy) is 1. The lowest BCUT2D eigenvalue weighted by Crippen LogP contribution is -2.75. The number of anilines is 1. The highest BCUT2D eigenvalue weighted by atomic mass is 35.5. The summed E-state index contributed by atoms with van der Waals surface area (Å²) >= 11 is 8.30. The van der Waals surface area contributed by atoms with E-state index in [0.717, 1.165) is 4.88 Å². The average Bonchev–Trinajstić information content (AvgIpc) is 3.41. The van der Waals surface area contributed by atoms with Gasteiger partial charge in [-0.15, -0.1) is 11.3 Å². The average molecular weight is 488 g/mol. The molecule has 10 nitrogen and oxygen atoms in total. The number of rotatable bonds is 1. The first-order valence-corrected chi connectivity index (χ1v) is 11.7. The highest BCUT2D eigenvalue weighted by Crippen LogP contribution is 2.51. The molecular weight excluding hydrogens is 470 g/mol. The Bertz CT molecular complexity index is 1320. The highest BCUT2D eigenvalue weighted by molar-refractivity contribution is 7.13. The number of urea groups is 1. The summed E-state index contributed by atoms with van der Waals surface area (Å²) in [7, 11) is 0. The van der Waals surface area contributed by atoms with E-state index >= 15 is 0 Å². The Hall–Kier alpha value is -3.02. The second-order valence-corrected chi connectivity index (χ2v) is 9.87. The Balaban J connectivity index is 1.61. The van der Waals surface area contributed by atoms with Crippen LogP contribution in [0.15, 0.2) is 22.3 Å². The van der Waals surface area contributed by atoms with Crippen molar-refractivity contribution in [2.75, 3.05) is 11.4 Å². The molecule has 3 aliphatic rings. The lowest BCUT2D eigenvalue weighted by molar-refractivity contribution is -0.153. The third kappa shape index (κ3) is 2.73. The molecule has 6 rings (SSSR count). The molecule has 0 aliphatic carbocycles. The molecule has 5 heterocycles. The van der Waals surface area contributed by atoms with Crippen molar-refractivity contribution in [3.63, 3.8) is 0 Å². The van der Waals surface area contributed by atoms with E-state index in [-0.39, 0.29) is 12.5 Å². The van der Waals surface area contributed by atoms with Gasteiger partial charge in [-0.2, -0.15) is 0 Å². The number of fused-ring (bicyclic) bond motifs is 5. The van der Waals surface area contributed by atoms with Gasteiger partial charge in [0.1, 0.15) is 10.7 Å². The van der Waals surface area contributed by atoms with Gasteiger partial charge in [0.15, 0.2) is 11.0 Å².